The highest BCUT2D eigenvalue weighted by Gasteiger charge is 2.21. The van der Waals surface area contributed by atoms with Gasteiger partial charge in [-0.2, -0.15) is 10.1 Å². The lowest BCUT2D eigenvalue weighted by Crippen LogP contribution is -2.25. The fraction of sp³-hybridized carbons (Fsp3) is 0.125. The molecule has 0 N–H and O–H groups in total. The summed E-state index contributed by atoms with van der Waals surface area (Å²) >= 11 is 1.38. The number of hydrogen-bond acceptors (Lipinski definition) is 6. The first-order valence-corrected chi connectivity index (χ1v) is 10.4. The fourth-order valence-electron chi connectivity index (χ4n) is 2.93. The molecule has 1 amide bonds. The molecular formula is C24H21N3O3S. The number of ether oxygens (including phenoxy) is 2. The van der Waals surface area contributed by atoms with E-state index in [0.29, 0.717) is 16.4 Å². The monoisotopic (exact) mass is 431 g/mol. The van der Waals surface area contributed by atoms with E-state index in [2.05, 4.69) is 10.1 Å². The van der Waals surface area contributed by atoms with Gasteiger partial charge in [-0.15, -0.1) is 0 Å². The number of methoxy groups -OCH3 is 2. The van der Waals surface area contributed by atoms with Crippen molar-refractivity contribution in [2.45, 2.75) is 6.92 Å². The van der Waals surface area contributed by atoms with Crippen molar-refractivity contribution in [3.63, 3.8) is 0 Å². The van der Waals surface area contributed by atoms with E-state index in [1.54, 1.807) is 44.7 Å². The molecule has 0 aliphatic rings. The van der Waals surface area contributed by atoms with E-state index in [0.717, 1.165) is 27.1 Å². The van der Waals surface area contributed by atoms with Crippen LogP contribution in [0.4, 0.5) is 5.13 Å². The Hall–Kier alpha value is -3.71. The number of aromatic nitrogens is 1. The second-order valence-electron chi connectivity index (χ2n) is 6.83. The molecule has 0 saturated carbocycles. The minimum atomic E-state index is -0.281. The van der Waals surface area contributed by atoms with Crippen molar-refractivity contribution in [1.29, 1.82) is 0 Å². The van der Waals surface area contributed by atoms with Crippen LogP contribution in [0.2, 0.25) is 0 Å². The summed E-state index contributed by atoms with van der Waals surface area (Å²) in [6, 6.07) is 20.5. The zero-order valence-corrected chi connectivity index (χ0v) is 18.2. The largest absolute Gasteiger partial charge is 0.497 e. The molecule has 4 aromatic rings. The summed E-state index contributed by atoms with van der Waals surface area (Å²) in [4.78, 5) is 18.0. The van der Waals surface area contributed by atoms with Crippen LogP contribution in [-0.4, -0.2) is 31.3 Å². The average molecular weight is 432 g/mol. The molecule has 31 heavy (non-hydrogen) atoms. The van der Waals surface area contributed by atoms with E-state index in [-0.39, 0.29) is 5.91 Å². The molecule has 156 valence electrons. The van der Waals surface area contributed by atoms with Gasteiger partial charge in [-0.25, -0.2) is 4.98 Å². The number of carbonyl (C=O) groups excluding carboxylic acids is 1. The lowest BCUT2D eigenvalue weighted by Gasteiger charge is -2.14. The molecule has 0 atom stereocenters. The summed E-state index contributed by atoms with van der Waals surface area (Å²) < 4.78 is 11.4. The maximum Gasteiger partial charge on any atom is 0.280 e. The number of aryl methyl sites for hydroxylation is 1. The number of carbonyl (C=O) groups is 1. The van der Waals surface area contributed by atoms with Gasteiger partial charge in [0.05, 0.1) is 30.7 Å². The first-order valence-electron chi connectivity index (χ1n) is 9.61. The van der Waals surface area contributed by atoms with E-state index in [1.807, 2.05) is 49.4 Å². The van der Waals surface area contributed by atoms with Crippen molar-refractivity contribution in [2.24, 2.45) is 5.10 Å². The third-order valence-corrected chi connectivity index (χ3v) is 5.69. The highest BCUT2D eigenvalue weighted by atomic mass is 32.1. The summed E-state index contributed by atoms with van der Waals surface area (Å²) in [7, 11) is 3.21. The normalized spacial score (nSPS) is 11.1. The van der Waals surface area contributed by atoms with Crippen molar-refractivity contribution in [3.8, 4) is 11.5 Å². The number of thiazole rings is 1. The molecule has 3 aromatic carbocycles. The van der Waals surface area contributed by atoms with Crippen molar-refractivity contribution in [1.82, 2.24) is 4.98 Å². The van der Waals surface area contributed by atoms with Crippen molar-refractivity contribution in [2.75, 3.05) is 19.2 Å². The minimum Gasteiger partial charge on any atom is -0.497 e. The van der Waals surface area contributed by atoms with Crippen LogP contribution < -0.4 is 14.5 Å². The van der Waals surface area contributed by atoms with Crippen LogP contribution in [0, 0.1) is 6.92 Å². The molecule has 1 heterocycles. The lowest BCUT2D eigenvalue weighted by atomic mass is 10.2. The van der Waals surface area contributed by atoms with E-state index < -0.39 is 0 Å². The Morgan fingerprint density at radius 1 is 0.968 bits per heavy atom. The summed E-state index contributed by atoms with van der Waals surface area (Å²) in [5, 5.41) is 6.31. The predicted molar refractivity (Wildman–Crippen MR) is 125 cm³/mol. The molecular weight excluding hydrogens is 410 g/mol. The zero-order valence-electron chi connectivity index (χ0n) is 17.4. The molecule has 7 heteroatoms. The van der Waals surface area contributed by atoms with Crippen molar-refractivity contribution >= 4 is 38.8 Å². The zero-order chi connectivity index (χ0) is 21.8. The molecule has 6 nitrogen and oxygen atoms in total. The van der Waals surface area contributed by atoms with Crippen LogP contribution in [0.3, 0.4) is 0 Å². The molecule has 0 spiro atoms. The maximum absolute atomic E-state index is 13.3. The summed E-state index contributed by atoms with van der Waals surface area (Å²) in [6.07, 6.45) is 1.66. The van der Waals surface area contributed by atoms with Gasteiger partial charge in [0, 0.05) is 5.56 Å². The second kappa shape index (κ2) is 8.97. The maximum atomic E-state index is 13.3. The molecule has 0 fully saturated rings. The Kier molecular flexibility index (Phi) is 5.95. The number of benzene rings is 3. The number of rotatable bonds is 6. The van der Waals surface area contributed by atoms with Gasteiger partial charge in [0.25, 0.3) is 5.91 Å². The van der Waals surface area contributed by atoms with Crippen LogP contribution in [0.15, 0.2) is 71.8 Å². The highest BCUT2D eigenvalue weighted by molar-refractivity contribution is 7.22. The fourth-order valence-corrected chi connectivity index (χ4v) is 3.88. The second-order valence-corrected chi connectivity index (χ2v) is 7.84. The third kappa shape index (κ3) is 4.57. The molecule has 0 bridgehead atoms. The molecule has 0 aliphatic carbocycles. The Bertz CT molecular complexity index is 1230. The number of hydrogen-bond donors (Lipinski definition) is 0. The molecule has 0 unspecified atom stereocenters. The average Bonchev–Trinajstić information content (AvgIpc) is 3.23. The van der Waals surface area contributed by atoms with Gasteiger partial charge in [-0.1, -0.05) is 41.2 Å². The number of anilines is 1. The molecule has 0 saturated heterocycles. The van der Waals surface area contributed by atoms with Gasteiger partial charge in [0.2, 0.25) is 5.13 Å². The van der Waals surface area contributed by atoms with Gasteiger partial charge in [0.15, 0.2) is 0 Å². The summed E-state index contributed by atoms with van der Waals surface area (Å²) in [5.41, 5.74) is 3.31. The number of fused-ring (bicyclic) bond motifs is 1. The lowest BCUT2D eigenvalue weighted by molar-refractivity contribution is 0.0988. The van der Waals surface area contributed by atoms with Gasteiger partial charge in [0.1, 0.15) is 11.5 Å². The van der Waals surface area contributed by atoms with E-state index in [4.69, 9.17) is 9.47 Å². The first kappa shape index (κ1) is 20.6. The van der Waals surface area contributed by atoms with Gasteiger partial charge in [-0.05, 0) is 55.0 Å². The van der Waals surface area contributed by atoms with Crippen LogP contribution in [-0.2, 0) is 0 Å². The highest BCUT2D eigenvalue weighted by Crippen LogP contribution is 2.32. The Balaban J connectivity index is 1.74. The summed E-state index contributed by atoms with van der Waals surface area (Å²) in [6.45, 7) is 2.02. The van der Waals surface area contributed by atoms with Crippen LogP contribution >= 0.6 is 11.3 Å². The van der Waals surface area contributed by atoms with E-state index in [9.17, 15) is 4.79 Å². The molecule has 0 radical (unpaired) electrons. The molecule has 0 aliphatic heterocycles. The van der Waals surface area contributed by atoms with Crippen molar-refractivity contribution in [3.05, 3.63) is 83.4 Å². The predicted octanol–water partition coefficient (Wildman–Crippen LogP) is 5.30. The van der Waals surface area contributed by atoms with Gasteiger partial charge in [-0.3, -0.25) is 4.79 Å². The minimum absolute atomic E-state index is 0.281. The first-order chi connectivity index (χ1) is 15.1. The van der Waals surface area contributed by atoms with Crippen LogP contribution in [0.5, 0.6) is 11.5 Å². The number of nitrogens with zero attached hydrogens (tertiary/aromatic N) is 3. The standard InChI is InChI=1S/C24H21N3O3S/c1-16-4-6-17(7-5-16)15-25-27(23(28)18-8-10-19(29-2)11-9-18)24-26-21-13-12-20(30-3)14-22(21)31-24/h4-15H,1-3H3/b25-15+. The van der Waals surface area contributed by atoms with Crippen LogP contribution in [0.1, 0.15) is 21.5 Å². The summed E-state index contributed by atoms with van der Waals surface area (Å²) in [5.74, 6) is 1.13. The smallest absolute Gasteiger partial charge is 0.280 e. The third-order valence-electron chi connectivity index (χ3n) is 4.69. The van der Waals surface area contributed by atoms with Gasteiger partial charge < -0.3 is 9.47 Å². The number of hydrazone groups is 1. The van der Waals surface area contributed by atoms with E-state index in [1.165, 1.54) is 16.3 Å². The number of amides is 1. The van der Waals surface area contributed by atoms with E-state index >= 15 is 0 Å². The Morgan fingerprint density at radius 3 is 2.32 bits per heavy atom. The van der Waals surface area contributed by atoms with Crippen molar-refractivity contribution < 1.29 is 14.3 Å². The topological polar surface area (TPSA) is 64.0 Å². The van der Waals surface area contributed by atoms with Gasteiger partial charge >= 0.3 is 0 Å². The molecule has 1 aromatic heterocycles. The Morgan fingerprint density at radius 2 is 1.65 bits per heavy atom. The quantitative estimate of drug-likeness (QED) is 0.307. The van der Waals surface area contributed by atoms with Crippen LogP contribution in [0.25, 0.3) is 10.2 Å². The SMILES string of the molecule is COc1ccc(C(=O)N(/N=C/c2ccc(C)cc2)c2nc3ccc(OC)cc3s2)cc1. The Labute approximate surface area is 184 Å². The molecule has 4 rings (SSSR count).